The van der Waals surface area contributed by atoms with E-state index in [-0.39, 0.29) is 0 Å². The Balaban J connectivity index is 3.35. The molecule has 0 radical (unpaired) electrons. The molecular formula is C10H26N2OSi. The number of nitrogens with one attached hydrogen (secondary N) is 1. The van der Waals surface area contributed by atoms with Crippen molar-refractivity contribution < 1.29 is 4.43 Å². The van der Waals surface area contributed by atoms with Gasteiger partial charge < -0.3 is 15.5 Å². The van der Waals surface area contributed by atoms with Gasteiger partial charge in [-0.15, -0.1) is 0 Å². The van der Waals surface area contributed by atoms with Crippen LogP contribution in [0, 0.1) is 0 Å². The molecule has 0 amide bonds. The molecule has 86 valence electrons. The Morgan fingerprint density at radius 1 is 1.29 bits per heavy atom. The molecule has 0 heterocycles. The van der Waals surface area contributed by atoms with Crippen molar-refractivity contribution in [2.45, 2.75) is 38.9 Å². The molecular weight excluding hydrogens is 192 g/mol. The van der Waals surface area contributed by atoms with E-state index in [9.17, 15) is 0 Å². The van der Waals surface area contributed by atoms with Gasteiger partial charge in [0.2, 0.25) is 0 Å². The van der Waals surface area contributed by atoms with Crippen LogP contribution in [-0.2, 0) is 4.43 Å². The Labute approximate surface area is 89.5 Å². The first-order valence-electron chi connectivity index (χ1n) is 5.67. The molecule has 0 fully saturated rings. The number of nitrogens with two attached hydrogens (primary N) is 1. The van der Waals surface area contributed by atoms with Crippen LogP contribution in [0.4, 0.5) is 0 Å². The summed E-state index contributed by atoms with van der Waals surface area (Å²) >= 11 is 0. The third kappa shape index (κ3) is 8.68. The summed E-state index contributed by atoms with van der Waals surface area (Å²) in [7, 11) is -1.36. The molecule has 0 saturated carbocycles. The first-order valence-corrected chi connectivity index (χ1v) is 8.78. The fourth-order valence-electron chi connectivity index (χ4n) is 1.32. The Kier molecular flexibility index (Phi) is 8.47. The summed E-state index contributed by atoms with van der Waals surface area (Å²) in [6.07, 6.45) is 2.34. The summed E-state index contributed by atoms with van der Waals surface area (Å²) < 4.78 is 5.87. The third-order valence-corrected chi connectivity index (χ3v) is 4.69. The molecule has 0 saturated heterocycles. The Bertz CT molecular complexity index is 131. The molecule has 0 unspecified atom stereocenters. The summed E-state index contributed by atoms with van der Waals surface area (Å²) in [6, 6.07) is 1.24. The van der Waals surface area contributed by atoms with Crippen LogP contribution in [0.1, 0.15) is 19.8 Å². The van der Waals surface area contributed by atoms with Crippen LogP contribution in [-0.4, -0.2) is 34.6 Å². The van der Waals surface area contributed by atoms with Crippen molar-refractivity contribution >= 4 is 8.32 Å². The Hall–Kier alpha value is 0.0969. The first-order chi connectivity index (χ1) is 6.62. The highest BCUT2D eigenvalue weighted by molar-refractivity contribution is 6.71. The van der Waals surface area contributed by atoms with Crippen LogP contribution in [0.2, 0.25) is 19.1 Å². The lowest BCUT2D eigenvalue weighted by Crippen LogP contribution is -2.32. The molecule has 0 bridgehead atoms. The van der Waals surface area contributed by atoms with Crippen molar-refractivity contribution in [3.63, 3.8) is 0 Å². The average Bonchev–Trinajstić information content (AvgIpc) is 2.15. The van der Waals surface area contributed by atoms with Gasteiger partial charge in [0.15, 0.2) is 8.32 Å². The van der Waals surface area contributed by atoms with Gasteiger partial charge in [-0.1, -0.05) is 6.92 Å². The van der Waals surface area contributed by atoms with Gasteiger partial charge in [0, 0.05) is 19.7 Å². The maximum Gasteiger partial charge on any atom is 0.186 e. The minimum atomic E-state index is -1.36. The quantitative estimate of drug-likeness (QED) is 0.456. The minimum absolute atomic E-state index is 0.729. The predicted molar refractivity (Wildman–Crippen MR) is 65.1 cm³/mol. The van der Waals surface area contributed by atoms with Crippen LogP contribution < -0.4 is 11.1 Å². The molecule has 14 heavy (non-hydrogen) atoms. The molecule has 0 aromatic rings. The van der Waals surface area contributed by atoms with E-state index in [1.165, 1.54) is 12.5 Å². The summed E-state index contributed by atoms with van der Waals surface area (Å²) in [5.41, 5.74) is 5.38. The van der Waals surface area contributed by atoms with Crippen molar-refractivity contribution in [3.8, 4) is 0 Å². The van der Waals surface area contributed by atoms with Crippen LogP contribution >= 0.6 is 0 Å². The van der Waals surface area contributed by atoms with Crippen molar-refractivity contribution in [1.29, 1.82) is 0 Å². The fraction of sp³-hybridized carbons (Fsp3) is 1.00. The number of rotatable bonds is 9. The largest absolute Gasteiger partial charge is 0.417 e. The maximum absolute atomic E-state index is 5.87. The maximum atomic E-state index is 5.87. The predicted octanol–water partition coefficient (Wildman–Crippen LogP) is 1.56. The van der Waals surface area contributed by atoms with Gasteiger partial charge in [-0.25, -0.2) is 0 Å². The monoisotopic (exact) mass is 218 g/mol. The summed E-state index contributed by atoms with van der Waals surface area (Å²) in [6.45, 7) is 10.4. The van der Waals surface area contributed by atoms with E-state index in [1.54, 1.807) is 0 Å². The van der Waals surface area contributed by atoms with E-state index >= 15 is 0 Å². The average molecular weight is 218 g/mol. The Morgan fingerprint density at radius 3 is 2.57 bits per heavy atom. The van der Waals surface area contributed by atoms with Crippen molar-refractivity contribution in [2.75, 3.05) is 26.2 Å². The van der Waals surface area contributed by atoms with Crippen LogP contribution in [0.25, 0.3) is 0 Å². The van der Waals surface area contributed by atoms with E-state index in [2.05, 4.69) is 25.3 Å². The zero-order chi connectivity index (χ0) is 10.9. The zero-order valence-corrected chi connectivity index (χ0v) is 10.9. The lowest BCUT2D eigenvalue weighted by atomic mass is 10.5. The minimum Gasteiger partial charge on any atom is -0.417 e. The van der Waals surface area contributed by atoms with E-state index in [0.29, 0.717) is 0 Å². The molecule has 0 spiro atoms. The number of hydrogen-bond acceptors (Lipinski definition) is 3. The summed E-state index contributed by atoms with van der Waals surface area (Å²) in [4.78, 5) is 0. The van der Waals surface area contributed by atoms with Gasteiger partial charge in [-0.2, -0.15) is 0 Å². The lowest BCUT2D eigenvalue weighted by molar-refractivity contribution is 0.305. The second kappa shape index (κ2) is 8.41. The second-order valence-electron chi connectivity index (χ2n) is 4.25. The van der Waals surface area contributed by atoms with Gasteiger partial charge >= 0.3 is 0 Å². The third-order valence-electron chi connectivity index (χ3n) is 2.15. The molecule has 3 N–H and O–H groups in total. The molecule has 0 aromatic carbocycles. The second-order valence-corrected chi connectivity index (χ2v) is 8.56. The topological polar surface area (TPSA) is 47.3 Å². The SMILES string of the molecule is CCCO[Si](C)(C)CCCNCCN. The normalized spacial score (nSPS) is 12.0. The molecule has 0 aliphatic heterocycles. The standard InChI is InChI=1S/C10H26N2OSi/c1-4-9-13-14(2,3)10-5-7-12-8-6-11/h12H,4-11H2,1-3H3. The van der Waals surface area contributed by atoms with Crippen molar-refractivity contribution in [2.24, 2.45) is 5.73 Å². The molecule has 0 aliphatic rings. The van der Waals surface area contributed by atoms with Crippen molar-refractivity contribution in [1.82, 2.24) is 5.32 Å². The van der Waals surface area contributed by atoms with E-state index in [1.807, 2.05) is 0 Å². The van der Waals surface area contributed by atoms with Gasteiger partial charge in [0.1, 0.15) is 0 Å². The molecule has 0 rings (SSSR count). The highest BCUT2D eigenvalue weighted by Gasteiger charge is 2.20. The summed E-state index contributed by atoms with van der Waals surface area (Å²) in [5.74, 6) is 0. The smallest absolute Gasteiger partial charge is 0.186 e. The van der Waals surface area contributed by atoms with Crippen molar-refractivity contribution in [3.05, 3.63) is 0 Å². The molecule has 4 heteroatoms. The van der Waals surface area contributed by atoms with E-state index in [0.717, 1.165) is 32.7 Å². The molecule has 3 nitrogen and oxygen atoms in total. The van der Waals surface area contributed by atoms with Gasteiger partial charge in [-0.3, -0.25) is 0 Å². The molecule has 0 aliphatic carbocycles. The van der Waals surface area contributed by atoms with E-state index < -0.39 is 8.32 Å². The molecule has 0 atom stereocenters. The summed E-state index contributed by atoms with van der Waals surface area (Å²) in [5, 5.41) is 3.31. The van der Waals surface area contributed by atoms with Gasteiger partial charge in [0.25, 0.3) is 0 Å². The van der Waals surface area contributed by atoms with E-state index in [4.69, 9.17) is 10.2 Å². The first kappa shape index (κ1) is 14.1. The lowest BCUT2D eigenvalue weighted by Gasteiger charge is -2.22. The fourth-order valence-corrected chi connectivity index (χ4v) is 3.25. The number of hydrogen-bond donors (Lipinski definition) is 2. The zero-order valence-electron chi connectivity index (χ0n) is 9.94. The Morgan fingerprint density at radius 2 is 2.00 bits per heavy atom. The molecule has 0 aromatic heterocycles. The highest BCUT2D eigenvalue weighted by atomic mass is 28.4. The van der Waals surface area contributed by atoms with Crippen LogP contribution in [0.5, 0.6) is 0 Å². The van der Waals surface area contributed by atoms with Crippen LogP contribution in [0.3, 0.4) is 0 Å². The highest BCUT2D eigenvalue weighted by Crippen LogP contribution is 2.13. The van der Waals surface area contributed by atoms with Crippen LogP contribution in [0.15, 0.2) is 0 Å². The van der Waals surface area contributed by atoms with Gasteiger partial charge in [0.05, 0.1) is 0 Å². The van der Waals surface area contributed by atoms with Gasteiger partial charge in [-0.05, 0) is 38.5 Å².